The highest BCUT2D eigenvalue weighted by Crippen LogP contribution is 1.98. The fourth-order valence-corrected chi connectivity index (χ4v) is 0.832. The Hall–Kier alpha value is -0.800. The van der Waals surface area contributed by atoms with Gasteiger partial charge in [0.1, 0.15) is 4.32 Å². The minimum Gasteiger partial charge on any atom is -0.369 e. The van der Waals surface area contributed by atoms with E-state index in [-0.39, 0.29) is 10.1 Å². The molecule has 0 aliphatic heterocycles. The van der Waals surface area contributed by atoms with E-state index in [9.17, 15) is 4.79 Å². The molecule has 1 amide bonds. The minimum absolute atomic E-state index is 0.105. The number of primary amides is 1. The number of carbonyl (C=O) groups excluding carboxylic acids is 1. The van der Waals surface area contributed by atoms with E-state index in [0.29, 0.717) is 0 Å². The Morgan fingerprint density at radius 3 is 2.90 bits per heavy atom. The molecule has 0 aliphatic carbocycles. The second-order valence-electron chi connectivity index (χ2n) is 1.28. The summed E-state index contributed by atoms with van der Waals surface area (Å²) in [6.07, 6.45) is 1.63. The molecule has 0 bridgehead atoms. The van der Waals surface area contributed by atoms with Crippen molar-refractivity contribution < 1.29 is 4.79 Å². The maximum absolute atomic E-state index is 10.1. The van der Waals surface area contributed by atoms with Gasteiger partial charge in [0.2, 0.25) is 5.91 Å². The first-order valence-electron chi connectivity index (χ1n) is 2.27. The van der Waals surface area contributed by atoms with Gasteiger partial charge in [0, 0.05) is 0 Å². The van der Waals surface area contributed by atoms with E-state index in [2.05, 4.69) is 17.5 Å². The SMILES string of the molecule is N#CNC(=S)SCC(N)=O. The summed E-state index contributed by atoms with van der Waals surface area (Å²) in [4.78, 5) is 10.1. The molecule has 3 N–H and O–H groups in total. The number of amides is 1. The first kappa shape index (κ1) is 9.20. The molecule has 0 unspecified atom stereocenters. The van der Waals surface area contributed by atoms with Crippen LogP contribution < -0.4 is 11.1 Å². The number of carbonyl (C=O) groups is 1. The number of nitrogens with one attached hydrogen (secondary N) is 1. The maximum Gasteiger partial charge on any atom is 0.227 e. The second kappa shape index (κ2) is 5.02. The van der Waals surface area contributed by atoms with E-state index < -0.39 is 5.91 Å². The molecular formula is C4H5N3OS2. The van der Waals surface area contributed by atoms with Crippen LogP contribution in [0.15, 0.2) is 0 Å². The first-order valence-corrected chi connectivity index (χ1v) is 3.66. The van der Waals surface area contributed by atoms with Crippen LogP contribution in [0.4, 0.5) is 0 Å². The van der Waals surface area contributed by atoms with E-state index >= 15 is 0 Å². The van der Waals surface area contributed by atoms with Crippen molar-refractivity contribution >= 4 is 34.2 Å². The second-order valence-corrected chi connectivity index (χ2v) is 2.93. The van der Waals surface area contributed by atoms with Crippen LogP contribution in [0, 0.1) is 11.5 Å². The molecule has 6 heteroatoms. The Kier molecular flexibility index (Phi) is 4.62. The van der Waals surface area contributed by atoms with E-state index in [1.165, 1.54) is 0 Å². The molecule has 0 aromatic heterocycles. The molecule has 0 aliphatic rings. The smallest absolute Gasteiger partial charge is 0.227 e. The number of nitrogens with zero attached hydrogens (tertiary/aromatic N) is 1. The summed E-state index contributed by atoms with van der Waals surface area (Å²) in [6, 6.07) is 0. The van der Waals surface area contributed by atoms with Crippen LogP contribution in [0.5, 0.6) is 0 Å². The Labute approximate surface area is 67.8 Å². The molecule has 0 saturated heterocycles. The van der Waals surface area contributed by atoms with Crippen molar-refractivity contribution in [1.29, 1.82) is 5.26 Å². The van der Waals surface area contributed by atoms with Gasteiger partial charge < -0.3 is 5.73 Å². The molecule has 54 valence electrons. The van der Waals surface area contributed by atoms with Gasteiger partial charge in [-0.1, -0.05) is 24.0 Å². The predicted octanol–water partition coefficient (Wildman–Crippen LogP) is -0.440. The van der Waals surface area contributed by atoms with Crippen molar-refractivity contribution in [2.45, 2.75) is 0 Å². The standard InChI is InChI=1S/C4H5N3OS2/c5-2-7-4(9)10-1-3(6)8/h1H2,(H2,6,8)(H,7,9). The number of nitrogens with two attached hydrogens (primary N) is 1. The molecule has 10 heavy (non-hydrogen) atoms. The van der Waals surface area contributed by atoms with E-state index in [1.54, 1.807) is 6.19 Å². The van der Waals surface area contributed by atoms with Gasteiger partial charge in [-0.25, -0.2) is 0 Å². The maximum atomic E-state index is 10.1. The molecule has 0 atom stereocenters. The Bertz CT molecular complexity index is 185. The number of rotatable bonds is 2. The van der Waals surface area contributed by atoms with Gasteiger partial charge in [0.15, 0.2) is 6.19 Å². The summed E-state index contributed by atoms with van der Waals surface area (Å²) < 4.78 is 0.265. The van der Waals surface area contributed by atoms with E-state index in [4.69, 9.17) is 11.0 Å². The quantitative estimate of drug-likeness (QED) is 0.338. The lowest BCUT2D eigenvalue weighted by atomic mass is 10.8. The number of thioether (sulfide) groups is 1. The Morgan fingerprint density at radius 1 is 1.90 bits per heavy atom. The van der Waals surface area contributed by atoms with Gasteiger partial charge in [0.05, 0.1) is 5.75 Å². The highest BCUT2D eigenvalue weighted by Gasteiger charge is 1.98. The van der Waals surface area contributed by atoms with Crippen LogP contribution in [0.2, 0.25) is 0 Å². The molecular weight excluding hydrogens is 170 g/mol. The third-order valence-electron chi connectivity index (χ3n) is 0.503. The van der Waals surface area contributed by atoms with Crippen LogP contribution in [0.1, 0.15) is 0 Å². The van der Waals surface area contributed by atoms with Crippen molar-refractivity contribution in [3.8, 4) is 6.19 Å². The van der Waals surface area contributed by atoms with Gasteiger partial charge in [-0.2, -0.15) is 5.26 Å². The largest absolute Gasteiger partial charge is 0.369 e. The van der Waals surface area contributed by atoms with Crippen molar-refractivity contribution in [2.24, 2.45) is 5.73 Å². The van der Waals surface area contributed by atoms with Crippen LogP contribution >= 0.6 is 24.0 Å². The average molecular weight is 175 g/mol. The van der Waals surface area contributed by atoms with Gasteiger partial charge in [-0.05, 0) is 0 Å². The number of hydrogen-bond acceptors (Lipinski definition) is 4. The van der Waals surface area contributed by atoms with Gasteiger partial charge in [-0.15, -0.1) is 0 Å². The molecule has 0 saturated carbocycles. The van der Waals surface area contributed by atoms with Crippen LogP contribution in [-0.2, 0) is 4.79 Å². The van der Waals surface area contributed by atoms with Crippen molar-refractivity contribution in [1.82, 2.24) is 5.32 Å². The summed E-state index contributed by atoms with van der Waals surface area (Å²) in [6.45, 7) is 0. The van der Waals surface area contributed by atoms with E-state index in [1.807, 2.05) is 0 Å². The van der Waals surface area contributed by atoms with Crippen LogP contribution in [-0.4, -0.2) is 16.0 Å². The zero-order chi connectivity index (χ0) is 7.98. The highest BCUT2D eigenvalue weighted by molar-refractivity contribution is 8.23. The lowest BCUT2D eigenvalue weighted by Gasteiger charge is -1.95. The summed E-state index contributed by atoms with van der Waals surface area (Å²) in [5, 5.41) is 10.2. The Morgan fingerprint density at radius 2 is 2.50 bits per heavy atom. The van der Waals surface area contributed by atoms with Gasteiger partial charge in [-0.3, -0.25) is 10.1 Å². The highest BCUT2D eigenvalue weighted by atomic mass is 32.2. The number of hydrogen-bond donors (Lipinski definition) is 2. The normalized spacial score (nSPS) is 7.90. The number of nitriles is 1. The summed E-state index contributed by atoms with van der Waals surface area (Å²) >= 11 is 5.63. The zero-order valence-corrected chi connectivity index (χ0v) is 6.59. The van der Waals surface area contributed by atoms with Crippen LogP contribution in [0.25, 0.3) is 0 Å². The predicted molar refractivity (Wildman–Crippen MR) is 43.0 cm³/mol. The fraction of sp³-hybridized carbons (Fsp3) is 0.250. The third-order valence-corrected chi connectivity index (χ3v) is 1.75. The monoisotopic (exact) mass is 175 g/mol. The van der Waals surface area contributed by atoms with Crippen molar-refractivity contribution in [3.05, 3.63) is 0 Å². The molecule has 0 spiro atoms. The minimum atomic E-state index is -0.452. The Balaban J connectivity index is 3.42. The molecule has 0 rings (SSSR count). The summed E-state index contributed by atoms with van der Waals surface area (Å²) in [7, 11) is 0. The van der Waals surface area contributed by atoms with Crippen molar-refractivity contribution in [3.63, 3.8) is 0 Å². The molecule has 0 aromatic rings. The average Bonchev–Trinajstić information content (AvgIpc) is 1.85. The molecule has 0 fully saturated rings. The van der Waals surface area contributed by atoms with E-state index in [0.717, 1.165) is 11.8 Å². The third kappa shape index (κ3) is 5.34. The first-order chi connectivity index (χ1) is 4.66. The summed E-state index contributed by atoms with van der Waals surface area (Å²) in [5.41, 5.74) is 4.81. The molecule has 0 aromatic carbocycles. The van der Waals surface area contributed by atoms with Gasteiger partial charge in [0.25, 0.3) is 0 Å². The number of thiocarbonyl (C=S) groups is 1. The fourth-order valence-electron chi connectivity index (χ4n) is 0.218. The van der Waals surface area contributed by atoms with Gasteiger partial charge >= 0.3 is 0 Å². The zero-order valence-electron chi connectivity index (χ0n) is 4.96. The lowest BCUT2D eigenvalue weighted by molar-refractivity contribution is -0.115. The molecule has 0 radical (unpaired) electrons. The lowest BCUT2D eigenvalue weighted by Crippen LogP contribution is -2.18. The summed E-state index contributed by atoms with van der Waals surface area (Å²) in [5.74, 6) is -0.347. The van der Waals surface area contributed by atoms with Crippen molar-refractivity contribution in [2.75, 3.05) is 5.75 Å². The van der Waals surface area contributed by atoms with Crippen LogP contribution in [0.3, 0.4) is 0 Å². The molecule has 4 nitrogen and oxygen atoms in total. The topological polar surface area (TPSA) is 78.9 Å². The molecule has 0 heterocycles.